The van der Waals surface area contributed by atoms with Gasteiger partial charge in [-0.15, -0.1) is 22.7 Å². The van der Waals surface area contributed by atoms with Crippen LogP contribution in [-0.2, 0) is 0 Å². The zero-order chi connectivity index (χ0) is 36.3. The molecule has 0 N–H and O–H groups in total. The standard InChI is InChI=1S/C52H33NS2/c1-2-16-39(17-3-1)53(40-27-24-35(25-28-40)42-21-11-13-34-12-4-5-18-41(34)42)47-31-30-43(52-51(47)46-20-7-9-23-49(46)55-52)38-15-10-14-36(32-38)37-26-29-45-44-19-6-8-22-48(44)54-50(45)33-37/h1-33H. The van der Waals surface area contributed by atoms with Gasteiger partial charge in [-0.2, -0.15) is 0 Å². The number of hydrogen-bond acceptors (Lipinski definition) is 3. The number of benzene rings is 9. The molecule has 0 saturated carbocycles. The molecular formula is C52H33NS2. The third-order valence-corrected chi connectivity index (χ3v) is 13.2. The minimum Gasteiger partial charge on any atom is -0.310 e. The fraction of sp³-hybridized carbons (Fsp3) is 0. The van der Waals surface area contributed by atoms with Crippen molar-refractivity contribution in [2.24, 2.45) is 0 Å². The second-order valence-corrected chi connectivity index (χ2v) is 16.2. The molecule has 0 amide bonds. The van der Waals surface area contributed by atoms with Crippen LogP contribution in [-0.4, -0.2) is 0 Å². The molecule has 0 aliphatic heterocycles. The number of nitrogens with zero attached hydrogens (tertiary/aromatic N) is 1. The molecule has 11 rings (SSSR count). The number of hydrogen-bond donors (Lipinski definition) is 0. The quantitative estimate of drug-likeness (QED) is 0.164. The summed E-state index contributed by atoms with van der Waals surface area (Å²) >= 11 is 3.76. The zero-order valence-corrected chi connectivity index (χ0v) is 31.4. The smallest absolute Gasteiger partial charge is 0.0555 e. The molecule has 55 heavy (non-hydrogen) atoms. The summed E-state index contributed by atoms with van der Waals surface area (Å²) in [5.74, 6) is 0. The highest BCUT2D eigenvalue weighted by Crippen LogP contribution is 2.49. The lowest BCUT2D eigenvalue weighted by Crippen LogP contribution is -2.10. The molecule has 1 nitrogen and oxygen atoms in total. The monoisotopic (exact) mass is 735 g/mol. The van der Waals surface area contributed by atoms with Gasteiger partial charge >= 0.3 is 0 Å². The van der Waals surface area contributed by atoms with Crippen LogP contribution in [0.1, 0.15) is 0 Å². The Hall–Kier alpha value is -6.52. The number of anilines is 3. The van der Waals surface area contributed by atoms with Crippen LogP contribution in [0.5, 0.6) is 0 Å². The number of para-hydroxylation sites is 1. The molecule has 0 atom stereocenters. The summed E-state index contributed by atoms with van der Waals surface area (Å²) in [5.41, 5.74) is 10.8. The van der Waals surface area contributed by atoms with Crippen LogP contribution >= 0.6 is 22.7 Å². The van der Waals surface area contributed by atoms with Gasteiger partial charge in [-0.05, 0) is 98.8 Å². The van der Waals surface area contributed by atoms with Gasteiger partial charge in [-0.1, -0.05) is 146 Å². The van der Waals surface area contributed by atoms with Crippen molar-refractivity contribution in [1.82, 2.24) is 0 Å². The second-order valence-electron chi connectivity index (χ2n) is 14.1. The number of fused-ring (bicyclic) bond motifs is 7. The lowest BCUT2D eigenvalue weighted by molar-refractivity contribution is 1.30. The van der Waals surface area contributed by atoms with Gasteiger partial charge in [0.25, 0.3) is 0 Å². The van der Waals surface area contributed by atoms with E-state index in [1.165, 1.54) is 90.2 Å². The highest BCUT2D eigenvalue weighted by molar-refractivity contribution is 7.26. The van der Waals surface area contributed by atoms with E-state index in [0.717, 1.165) is 11.4 Å². The SMILES string of the molecule is c1ccc(N(c2ccc(-c3cccc4ccccc34)cc2)c2ccc(-c3cccc(-c4ccc5c(c4)sc4ccccc45)c3)c3sc4ccccc4c23)cc1. The van der Waals surface area contributed by atoms with Crippen LogP contribution in [0.25, 0.3) is 84.5 Å². The molecule has 0 unspecified atom stereocenters. The van der Waals surface area contributed by atoms with Gasteiger partial charge in [0.05, 0.1) is 5.69 Å². The Morgan fingerprint density at radius 3 is 1.80 bits per heavy atom. The Morgan fingerprint density at radius 2 is 0.945 bits per heavy atom. The summed E-state index contributed by atoms with van der Waals surface area (Å²) in [6, 6.07) is 73.3. The van der Waals surface area contributed by atoms with Crippen molar-refractivity contribution >= 4 is 90.9 Å². The molecule has 11 aromatic rings. The topological polar surface area (TPSA) is 3.24 Å². The van der Waals surface area contributed by atoms with Gasteiger partial charge < -0.3 is 4.90 Å². The number of rotatable bonds is 6. The molecule has 0 saturated heterocycles. The Labute approximate surface area is 327 Å². The maximum atomic E-state index is 2.43. The van der Waals surface area contributed by atoms with Crippen molar-refractivity contribution in [2.45, 2.75) is 0 Å². The second kappa shape index (κ2) is 13.1. The highest BCUT2D eigenvalue weighted by atomic mass is 32.1. The average Bonchev–Trinajstić information content (AvgIpc) is 3.83. The molecular weight excluding hydrogens is 703 g/mol. The molecule has 0 spiro atoms. The molecule has 0 aliphatic carbocycles. The fourth-order valence-electron chi connectivity index (χ4n) is 8.27. The Bertz CT molecular complexity index is 3200. The van der Waals surface area contributed by atoms with Gasteiger partial charge in [0.2, 0.25) is 0 Å². The summed E-state index contributed by atoms with van der Waals surface area (Å²) in [6.07, 6.45) is 0. The summed E-state index contributed by atoms with van der Waals surface area (Å²) < 4.78 is 5.24. The first-order valence-corrected chi connectivity index (χ1v) is 20.3. The van der Waals surface area contributed by atoms with Crippen molar-refractivity contribution in [2.75, 3.05) is 4.90 Å². The molecule has 9 aromatic carbocycles. The zero-order valence-electron chi connectivity index (χ0n) is 29.8. The van der Waals surface area contributed by atoms with Gasteiger partial charge in [0.15, 0.2) is 0 Å². The van der Waals surface area contributed by atoms with Crippen LogP contribution in [0.2, 0.25) is 0 Å². The first kappa shape index (κ1) is 32.0. The lowest BCUT2D eigenvalue weighted by Gasteiger charge is -2.27. The normalized spacial score (nSPS) is 11.6. The molecule has 2 heterocycles. The molecule has 0 aliphatic rings. The summed E-state index contributed by atoms with van der Waals surface area (Å²) in [4.78, 5) is 2.43. The Kier molecular flexibility index (Phi) is 7.61. The Balaban J connectivity index is 1.06. The van der Waals surface area contributed by atoms with Crippen molar-refractivity contribution < 1.29 is 0 Å². The van der Waals surface area contributed by atoms with Crippen LogP contribution in [0, 0.1) is 0 Å². The summed E-state index contributed by atoms with van der Waals surface area (Å²) in [6.45, 7) is 0. The molecule has 2 aromatic heterocycles. The number of thiophene rings is 2. The van der Waals surface area contributed by atoms with Crippen molar-refractivity contribution in [3.05, 3.63) is 200 Å². The molecule has 0 bridgehead atoms. The summed E-state index contributed by atoms with van der Waals surface area (Å²) in [5, 5.41) is 7.74. The molecule has 0 fully saturated rings. The van der Waals surface area contributed by atoms with E-state index in [4.69, 9.17) is 0 Å². The van der Waals surface area contributed by atoms with E-state index < -0.39 is 0 Å². The van der Waals surface area contributed by atoms with Gasteiger partial charge in [0.1, 0.15) is 0 Å². The maximum Gasteiger partial charge on any atom is 0.0555 e. The summed E-state index contributed by atoms with van der Waals surface area (Å²) in [7, 11) is 0. The van der Waals surface area contributed by atoms with Gasteiger partial charge in [-0.25, -0.2) is 0 Å². The third kappa shape index (κ3) is 5.43. The van der Waals surface area contributed by atoms with Crippen molar-refractivity contribution in [3.8, 4) is 33.4 Å². The largest absolute Gasteiger partial charge is 0.310 e. The van der Waals surface area contributed by atoms with Gasteiger partial charge in [-0.3, -0.25) is 0 Å². The molecule has 3 heteroatoms. The van der Waals surface area contributed by atoms with Crippen LogP contribution < -0.4 is 4.90 Å². The van der Waals surface area contributed by atoms with E-state index in [0.29, 0.717) is 0 Å². The molecule has 258 valence electrons. The predicted octanol–water partition coefficient (Wildman–Crippen LogP) is 16.0. The van der Waals surface area contributed by atoms with E-state index in [1.54, 1.807) is 0 Å². The fourth-order valence-corrected chi connectivity index (χ4v) is 10.7. The van der Waals surface area contributed by atoms with E-state index in [-0.39, 0.29) is 0 Å². The van der Waals surface area contributed by atoms with Crippen LogP contribution in [0.3, 0.4) is 0 Å². The average molecular weight is 736 g/mol. The highest BCUT2D eigenvalue weighted by Gasteiger charge is 2.21. The first-order chi connectivity index (χ1) is 27.3. The van der Waals surface area contributed by atoms with Crippen LogP contribution in [0.15, 0.2) is 200 Å². The third-order valence-electron chi connectivity index (χ3n) is 10.9. The first-order valence-electron chi connectivity index (χ1n) is 18.7. The van der Waals surface area contributed by atoms with E-state index >= 15 is 0 Å². The Morgan fingerprint density at radius 1 is 0.327 bits per heavy atom. The van der Waals surface area contributed by atoms with E-state index in [2.05, 4.69) is 205 Å². The van der Waals surface area contributed by atoms with Gasteiger partial charge in [0, 0.05) is 51.7 Å². The molecule has 0 radical (unpaired) electrons. The lowest BCUT2D eigenvalue weighted by atomic mass is 9.96. The minimum absolute atomic E-state index is 1.12. The minimum atomic E-state index is 1.12. The predicted molar refractivity (Wildman–Crippen MR) is 241 cm³/mol. The van der Waals surface area contributed by atoms with Crippen molar-refractivity contribution in [1.29, 1.82) is 0 Å². The van der Waals surface area contributed by atoms with E-state index in [1.807, 2.05) is 22.7 Å². The van der Waals surface area contributed by atoms with Crippen LogP contribution in [0.4, 0.5) is 17.1 Å². The van der Waals surface area contributed by atoms with Crippen molar-refractivity contribution in [3.63, 3.8) is 0 Å². The van der Waals surface area contributed by atoms with E-state index in [9.17, 15) is 0 Å². The maximum absolute atomic E-state index is 2.43.